The number of carbonyl (C=O) groups excluding carboxylic acids is 1. The summed E-state index contributed by atoms with van der Waals surface area (Å²) in [6.07, 6.45) is 0. The van der Waals surface area contributed by atoms with Crippen molar-refractivity contribution in [2.45, 2.75) is 0 Å². The molecule has 0 aliphatic carbocycles. The van der Waals surface area contributed by atoms with Crippen molar-refractivity contribution in [2.75, 3.05) is 40.2 Å². The molecule has 0 fully saturated rings. The summed E-state index contributed by atoms with van der Waals surface area (Å²) in [6.45, 7) is 0.0457. The first-order valence-corrected chi connectivity index (χ1v) is 3.59. The van der Waals surface area contributed by atoms with Crippen molar-refractivity contribution in [1.29, 1.82) is 0 Å². The fourth-order valence-electron chi connectivity index (χ4n) is 0.489. The third-order valence-electron chi connectivity index (χ3n) is 1.04. The van der Waals surface area contributed by atoms with Gasteiger partial charge in [0.05, 0.1) is 26.9 Å². The normalized spacial score (nSPS) is 9.83. The Kier molecular flexibility index (Phi) is 7.94. The maximum atomic E-state index is 11.4. The van der Waals surface area contributed by atoms with E-state index in [-0.39, 0.29) is 19.8 Å². The molecule has 0 aliphatic heterocycles. The minimum Gasteiger partial charge on any atom is -0.467 e. The second-order valence-electron chi connectivity index (χ2n) is 1.93. The molecular weight excluding hydrogens is 167 g/mol. The molecule has 0 radical (unpaired) electrons. The standard InChI is InChI=1S/C7H13FO4/c1-10-7(9)6-12-5-4-11-3-2-8/h2-6H2,1H3. The molecule has 5 heteroatoms. The van der Waals surface area contributed by atoms with Crippen LogP contribution in [0, 0.1) is 0 Å². The first-order valence-electron chi connectivity index (χ1n) is 3.59. The molecule has 0 aliphatic rings. The van der Waals surface area contributed by atoms with Crippen LogP contribution >= 0.6 is 0 Å². The quantitative estimate of drug-likeness (QED) is 0.413. The highest BCUT2D eigenvalue weighted by atomic mass is 19.1. The predicted molar refractivity (Wildman–Crippen MR) is 39.6 cm³/mol. The van der Waals surface area contributed by atoms with E-state index in [0.29, 0.717) is 6.61 Å². The van der Waals surface area contributed by atoms with Gasteiger partial charge in [0.1, 0.15) is 13.3 Å². The lowest BCUT2D eigenvalue weighted by Crippen LogP contribution is -2.13. The first kappa shape index (κ1) is 11.3. The minimum absolute atomic E-state index is 0.0710. The summed E-state index contributed by atoms with van der Waals surface area (Å²) >= 11 is 0. The Labute approximate surface area is 70.6 Å². The van der Waals surface area contributed by atoms with Crippen LogP contribution in [0.2, 0.25) is 0 Å². The van der Waals surface area contributed by atoms with E-state index in [4.69, 9.17) is 9.47 Å². The van der Waals surface area contributed by atoms with E-state index in [1.165, 1.54) is 7.11 Å². The van der Waals surface area contributed by atoms with E-state index in [9.17, 15) is 9.18 Å². The molecule has 72 valence electrons. The summed E-state index contributed by atoms with van der Waals surface area (Å²) in [4.78, 5) is 10.5. The minimum atomic E-state index is -0.503. The van der Waals surface area contributed by atoms with E-state index >= 15 is 0 Å². The molecule has 0 spiro atoms. The van der Waals surface area contributed by atoms with Gasteiger partial charge >= 0.3 is 5.97 Å². The Morgan fingerprint density at radius 3 is 2.50 bits per heavy atom. The molecule has 0 amide bonds. The van der Waals surface area contributed by atoms with Gasteiger partial charge in [0, 0.05) is 0 Å². The zero-order valence-electron chi connectivity index (χ0n) is 7.05. The van der Waals surface area contributed by atoms with Crippen molar-refractivity contribution in [1.82, 2.24) is 0 Å². The van der Waals surface area contributed by atoms with Gasteiger partial charge in [-0.2, -0.15) is 0 Å². The lowest BCUT2D eigenvalue weighted by Gasteiger charge is -2.02. The highest BCUT2D eigenvalue weighted by Gasteiger charge is 1.98. The van der Waals surface area contributed by atoms with Gasteiger partial charge in [-0.05, 0) is 0 Å². The third kappa shape index (κ3) is 7.43. The van der Waals surface area contributed by atoms with Crippen LogP contribution in [0.25, 0.3) is 0 Å². The molecule has 0 saturated carbocycles. The van der Waals surface area contributed by atoms with Crippen molar-refractivity contribution < 1.29 is 23.4 Å². The zero-order valence-corrected chi connectivity index (χ0v) is 7.05. The Hall–Kier alpha value is -0.680. The number of hydrogen-bond acceptors (Lipinski definition) is 4. The van der Waals surface area contributed by atoms with E-state index < -0.39 is 12.6 Å². The van der Waals surface area contributed by atoms with Crippen LogP contribution < -0.4 is 0 Å². The fraction of sp³-hybridized carbons (Fsp3) is 0.857. The number of esters is 1. The predicted octanol–water partition coefficient (Wildman–Crippen LogP) is 0.162. The number of methoxy groups -OCH3 is 1. The van der Waals surface area contributed by atoms with Crippen molar-refractivity contribution in [3.63, 3.8) is 0 Å². The van der Waals surface area contributed by atoms with E-state index in [2.05, 4.69) is 4.74 Å². The smallest absolute Gasteiger partial charge is 0.331 e. The molecule has 0 aromatic rings. The molecular formula is C7H13FO4. The fourth-order valence-corrected chi connectivity index (χ4v) is 0.489. The lowest BCUT2D eigenvalue weighted by molar-refractivity contribution is -0.146. The summed E-state index contributed by atoms with van der Waals surface area (Å²) in [7, 11) is 1.28. The van der Waals surface area contributed by atoms with Crippen LogP contribution in [-0.2, 0) is 19.0 Å². The molecule has 0 atom stereocenters. The molecule has 0 aromatic heterocycles. The molecule has 12 heavy (non-hydrogen) atoms. The summed E-state index contributed by atoms with van der Waals surface area (Å²) in [5, 5.41) is 0. The second-order valence-corrected chi connectivity index (χ2v) is 1.93. The summed E-state index contributed by atoms with van der Waals surface area (Å²) in [5.74, 6) is -0.430. The molecule has 0 heterocycles. The molecule has 0 rings (SSSR count). The van der Waals surface area contributed by atoms with Crippen LogP contribution in [0.1, 0.15) is 0 Å². The number of ether oxygens (including phenoxy) is 3. The van der Waals surface area contributed by atoms with Gasteiger partial charge in [-0.15, -0.1) is 0 Å². The summed E-state index contributed by atoms with van der Waals surface area (Å²) in [6, 6.07) is 0. The van der Waals surface area contributed by atoms with Gasteiger partial charge in [0.15, 0.2) is 0 Å². The Balaban J connectivity index is 2.95. The highest BCUT2D eigenvalue weighted by molar-refractivity contribution is 5.70. The molecule has 0 N–H and O–H groups in total. The van der Waals surface area contributed by atoms with Gasteiger partial charge in [-0.3, -0.25) is 0 Å². The van der Waals surface area contributed by atoms with Crippen molar-refractivity contribution in [2.24, 2.45) is 0 Å². The largest absolute Gasteiger partial charge is 0.467 e. The van der Waals surface area contributed by atoms with E-state index in [1.54, 1.807) is 0 Å². The Morgan fingerprint density at radius 1 is 1.25 bits per heavy atom. The Bertz CT molecular complexity index is 118. The van der Waals surface area contributed by atoms with Crippen LogP contribution in [0.15, 0.2) is 0 Å². The SMILES string of the molecule is COC(=O)COCCOCCF. The van der Waals surface area contributed by atoms with Crippen LogP contribution in [0.5, 0.6) is 0 Å². The second kappa shape index (κ2) is 8.42. The van der Waals surface area contributed by atoms with Crippen molar-refractivity contribution in [3.8, 4) is 0 Å². The van der Waals surface area contributed by atoms with Crippen LogP contribution in [0.4, 0.5) is 4.39 Å². The zero-order chi connectivity index (χ0) is 9.23. The molecule has 0 aromatic carbocycles. The van der Waals surface area contributed by atoms with Gasteiger partial charge in [-0.25, -0.2) is 9.18 Å². The van der Waals surface area contributed by atoms with E-state index in [0.717, 1.165) is 0 Å². The van der Waals surface area contributed by atoms with E-state index in [1.807, 2.05) is 0 Å². The third-order valence-corrected chi connectivity index (χ3v) is 1.04. The summed E-state index contributed by atoms with van der Waals surface area (Å²) < 4.78 is 25.3. The Morgan fingerprint density at radius 2 is 1.92 bits per heavy atom. The van der Waals surface area contributed by atoms with Gasteiger partial charge in [0.25, 0.3) is 0 Å². The average molecular weight is 180 g/mol. The number of rotatable bonds is 7. The van der Waals surface area contributed by atoms with Crippen LogP contribution in [0.3, 0.4) is 0 Å². The van der Waals surface area contributed by atoms with Crippen molar-refractivity contribution >= 4 is 5.97 Å². The maximum absolute atomic E-state index is 11.4. The molecule has 0 unspecified atom stereocenters. The monoisotopic (exact) mass is 180 g/mol. The molecule has 4 nitrogen and oxygen atoms in total. The average Bonchev–Trinajstić information content (AvgIpc) is 2.10. The first-order chi connectivity index (χ1) is 5.81. The van der Waals surface area contributed by atoms with Gasteiger partial charge in [0.2, 0.25) is 0 Å². The lowest BCUT2D eigenvalue weighted by atomic mass is 10.7. The van der Waals surface area contributed by atoms with Gasteiger partial charge < -0.3 is 14.2 Å². The topological polar surface area (TPSA) is 44.8 Å². The van der Waals surface area contributed by atoms with Gasteiger partial charge in [-0.1, -0.05) is 0 Å². The number of alkyl halides is 1. The molecule has 0 bridgehead atoms. The number of halogens is 1. The van der Waals surface area contributed by atoms with Crippen LogP contribution in [-0.4, -0.2) is 46.2 Å². The number of hydrogen-bond donors (Lipinski definition) is 0. The van der Waals surface area contributed by atoms with Crippen molar-refractivity contribution in [3.05, 3.63) is 0 Å². The maximum Gasteiger partial charge on any atom is 0.331 e. The number of carbonyl (C=O) groups is 1. The molecule has 0 saturated heterocycles. The highest BCUT2D eigenvalue weighted by Crippen LogP contribution is 1.81. The summed E-state index contributed by atoms with van der Waals surface area (Å²) in [5.41, 5.74) is 0.